The zero-order valence-electron chi connectivity index (χ0n) is 9.51. The summed E-state index contributed by atoms with van der Waals surface area (Å²) in [7, 11) is 0. The average Bonchev–Trinajstić information content (AvgIpc) is 2.96. The average molecular weight is 246 g/mol. The Labute approximate surface area is 103 Å². The van der Waals surface area contributed by atoms with E-state index in [0.29, 0.717) is 35.8 Å². The highest BCUT2D eigenvalue weighted by atomic mass is 16.7. The van der Waals surface area contributed by atoms with Gasteiger partial charge in [-0.1, -0.05) is 0 Å². The van der Waals surface area contributed by atoms with Crippen LogP contribution in [0.5, 0.6) is 11.5 Å². The lowest BCUT2D eigenvalue weighted by molar-refractivity contribution is -0.117. The number of anilines is 1. The van der Waals surface area contributed by atoms with Crippen LogP contribution in [0.3, 0.4) is 0 Å². The van der Waals surface area contributed by atoms with Gasteiger partial charge in [0.2, 0.25) is 18.8 Å². The number of carbonyl (C=O) groups excluding carboxylic acids is 2. The van der Waals surface area contributed by atoms with Gasteiger partial charge in [0.05, 0.1) is 5.69 Å². The van der Waals surface area contributed by atoms with Crippen LogP contribution in [0, 0.1) is 0 Å². The van der Waals surface area contributed by atoms with Crippen molar-refractivity contribution in [3.8, 4) is 11.5 Å². The number of fused-ring (bicyclic) bond motifs is 1. The molecule has 1 aromatic rings. The molecule has 1 amide bonds. The molecular formula is C12H10N2O4. The van der Waals surface area contributed by atoms with Crippen LogP contribution < -0.4 is 14.4 Å². The van der Waals surface area contributed by atoms with Gasteiger partial charge in [-0.3, -0.25) is 4.79 Å². The van der Waals surface area contributed by atoms with E-state index in [1.807, 2.05) is 0 Å². The topological polar surface area (TPSA) is 68.2 Å². The van der Waals surface area contributed by atoms with Crippen molar-refractivity contribution in [1.29, 1.82) is 0 Å². The third-order valence-electron chi connectivity index (χ3n) is 3.00. The standard InChI is InChI=1S/C12H10N2O4/c15-6-13-8-4-10-11(18-7-17-10)5-9(8)14-3-1-2-12(14)16/h4-5H,1-3,7H2. The van der Waals surface area contributed by atoms with Crippen LogP contribution in [0.1, 0.15) is 12.8 Å². The lowest BCUT2D eigenvalue weighted by Crippen LogP contribution is -2.23. The monoisotopic (exact) mass is 246 g/mol. The Morgan fingerprint density at radius 1 is 1.28 bits per heavy atom. The minimum absolute atomic E-state index is 0.0243. The number of hydrogen-bond donors (Lipinski definition) is 0. The number of ether oxygens (including phenoxy) is 2. The Bertz CT molecular complexity index is 563. The van der Waals surface area contributed by atoms with E-state index in [-0.39, 0.29) is 12.7 Å². The summed E-state index contributed by atoms with van der Waals surface area (Å²) in [6, 6.07) is 3.27. The number of nitrogens with zero attached hydrogens (tertiary/aromatic N) is 2. The number of benzene rings is 1. The van der Waals surface area contributed by atoms with Gasteiger partial charge in [0.1, 0.15) is 5.69 Å². The van der Waals surface area contributed by atoms with Gasteiger partial charge in [0.25, 0.3) is 0 Å². The van der Waals surface area contributed by atoms with Gasteiger partial charge in [0, 0.05) is 25.1 Å². The van der Waals surface area contributed by atoms with Gasteiger partial charge in [-0.05, 0) is 6.42 Å². The molecule has 0 N–H and O–H groups in total. The summed E-state index contributed by atoms with van der Waals surface area (Å²) in [5, 5.41) is 0. The molecule has 0 atom stereocenters. The minimum atomic E-state index is 0.0243. The lowest BCUT2D eigenvalue weighted by atomic mass is 10.2. The van der Waals surface area contributed by atoms with Crippen LogP contribution in [0.25, 0.3) is 0 Å². The molecule has 6 heteroatoms. The van der Waals surface area contributed by atoms with Crippen LogP contribution in [-0.4, -0.2) is 25.3 Å². The Kier molecular flexibility index (Phi) is 2.50. The summed E-state index contributed by atoms with van der Waals surface area (Å²) in [6.45, 7) is 0.761. The fourth-order valence-corrected chi connectivity index (χ4v) is 2.18. The van der Waals surface area contributed by atoms with Gasteiger partial charge in [-0.15, -0.1) is 0 Å². The fraction of sp³-hybridized carbons (Fsp3) is 0.333. The van der Waals surface area contributed by atoms with Gasteiger partial charge < -0.3 is 14.4 Å². The molecule has 0 unspecified atom stereocenters. The number of amides is 1. The van der Waals surface area contributed by atoms with Crippen molar-refractivity contribution in [3.05, 3.63) is 12.1 Å². The van der Waals surface area contributed by atoms with Crippen molar-refractivity contribution >= 4 is 23.4 Å². The predicted molar refractivity (Wildman–Crippen MR) is 61.9 cm³/mol. The van der Waals surface area contributed by atoms with Crippen LogP contribution in [0.2, 0.25) is 0 Å². The SMILES string of the molecule is O=C=Nc1cc2c(cc1N1CCCC1=O)OCO2. The van der Waals surface area contributed by atoms with Crippen molar-refractivity contribution in [3.63, 3.8) is 0 Å². The van der Waals surface area contributed by atoms with Crippen molar-refractivity contribution in [2.24, 2.45) is 4.99 Å². The molecule has 1 aromatic carbocycles. The van der Waals surface area contributed by atoms with Gasteiger partial charge in [-0.25, -0.2) is 4.79 Å². The first-order valence-corrected chi connectivity index (χ1v) is 5.61. The summed E-state index contributed by atoms with van der Waals surface area (Å²) in [6.07, 6.45) is 2.81. The highest BCUT2D eigenvalue weighted by Crippen LogP contribution is 2.43. The molecule has 0 aliphatic carbocycles. The van der Waals surface area contributed by atoms with E-state index in [1.54, 1.807) is 17.0 Å². The maximum Gasteiger partial charge on any atom is 0.240 e. The number of hydrogen-bond acceptors (Lipinski definition) is 5. The fourth-order valence-electron chi connectivity index (χ4n) is 2.18. The molecule has 1 saturated heterocycles. The Balaban J connectivity index is 2.11. The van der Waals surface area contributed by atoms with Crippen LogP contribution >= 0.6 is 0 Å². The maximum atomic E-state index is 11.7. The van der Waals surface area contributed by atoms with Gasteiger partial charge in [0.15, 0.2) is 11.5 Å². The van der Waals surface area contributed by atoms with Crippen LogP contribution in [0.4, 0.5) is 11.4 Å². The third-order valence-corrected chi connectivity index (χ3v) is 3.00. The normalized spacial score (nSPS) is 16.9. The third kappa shape index (κ3) is 1.63. The molecule has 6 nitrogen and oxygen atoms in total. The molecule has 0 bridgehead atoms. The van der Waals surface area contributed by atoms with Crippen molar-refractivity contribution in [2.45, 2.75) is 12.8 Å². The molecule has 2 aliphatic rings. The minimum Gasteiger partial charge on any atom is -0.454 e. The molecule has 2 heterocycles. The first-order chi connectivity index (χ1) is 8.79. The van der Waals surface area contributed by atoms with Crippen molar-refractivity contribution in [1.82, 2.24) is 0 Å². The van der Waals surface area contributed by atoms with E-state index in [1.165, 1.54) is 6.08 Å². The number of carbonyl (C=O) groups is 1. The van der Waals surface area contributed by atoms with Crippen molar-refractivity contribution in [2.75, 3.05) is 18.2 Å². The quantitative estimate of drug-likeness (QED) is 0.586. The van der Waals surface area contributed by atoms with E-state index in [4.69, 9.17) is 9.47 Å². The molecule has 1 fully saturated rings. The number of isocyanates is 1. The molecule has 0 aromatic heterocycles. The zero-order chi connectivity index (χ0) is 12.5. The summed E-state index contributed by atoms with van der Waals surface area (Å²) < 4.78 is 10.5. The summed E-state index contributed by atoms with van der Waals surface area (Å²) >= 11 is 0. The van der Waals surface area contributed by atoms with Crippen molar-refractivity contribution < 1.29 is 19.1 Å². The summed E-state index contributed by atoms with van der Waals surface area (Å²) in [5.41, 5.74) is 0.953. The molecule has 0 saturated carbocycles. The number of aliphatic imine (C=N–C) groups is 1. The Morgan fingerprint density at radius 3 is 2.72 bits per heavy atom. The van der Waals surface area contributed by atoms with E-state index in [9.17, 15) is 9.59 Å². The molecular weight excluding hydrogens is 236 g/mol. The first-order valence-electron chi connectivity index (χ1n) is 5.61. The Morgan fingerprint density at radius 2 is 2.06 bits per heavy atom. The summed E-state index contributed by atoms with van der Waals surface area (Å²) in [4.78, 5) is 27.4. The van der Waals surface area contributed by atoms with E-state index in [0.717, 1.165) is 6.42 Å². The summed E-state index contributed by atoms with van der Waals surface area (Å²) in [5.74, 6) is 1.12. The molecule has 0 spiro atoms. The smallest absolute Gasteiger partial charge is 0.240 e. The molecule has 3 rings (SSSR count). The molecule has 92 valence electrons. The van der Waals surface area contributed by atoms with Gasteiger partial charge in [-0.2, -0.15) is 4.99 Å². The zero-order valence-corrected chi connectivity index (χ0v) is 9.51. The second-order valence-electron chi connectivity index (χ2n) is 4.05. The van der Waals surface area contributed by atoms with Crippen LogP contribution in [-0.2, 0) is 9.59 Å². The highest BCUT2D eigenvalue weighted by molar-refractivity contribution is 5.98. The maximum absolute atomic E-state index is 11.7. The van der Waals surface area contributed by atoms with E-state index >= 15 is 0 Å². The van der Waals surface area contributed by atoms with E-state index < -0.39 is 0 Å². The first kappa shape index (κ1) is 10.8. The molecule has 2 aliphatic heterocycles. The van der Waals surface area contributed by atoms with E-state index in [2.05, 4.69) is 4.99 Å². The molecule has 0 radical (unpaired) electrons. The highest BCUT2D eigenvalue weighted by Gasteiger charge is 2.27. The number of rotatable bonds is 2. The lowest BCUT2D eigenvalue weighted by Gasteiger charge is -2.17. The Hall–Kier alpha value is -2.33. The largest absolute Gasteiger partial charge is 0.454 e. The predicted octanol–water partition coefficient (Wildman–Crippen LogP) is 1.51. The second-order valence-corrected chi connectivity index (χ2v) is 4.05. The molecule has 18 heavy (non-hydrogen) atoms. The van der Waals surface area contributed by atoms with Gasteiger partial charge >= 0.3 is 0 Å². The van der Waals surface area contributed by atoms with Crippen LogP contribution in [0.15, 0.2) is 17.1 Å². The second kappa shape index (κ2) is 4.16.